The van der Waals surface area contributed by atoms with Crippen molar-refractivity contribution in [1.82, 2.24) is 5.32 Å². The first-order valence-electron chi connectivity index (χ1n) is 6.73. The van der Waals surface area contributed by atoms with Crippen molar-refractivity contribution in [1.29, 1.82) is 0 Å². The maximum absolute atomic E-state index is 13.2. The van der Waals surface area contributed by atoms with Crippen molar-refractivity contribution in [2.75, 3.05) is 6.61 Å². The number of carbonyl (C=O) groups is 2. The van der Waals surface area contributed by atoms with E-state index in [1.54, 1.807) is 0 Å². The number of hydrogen-bond acceptors (Lipinski definition) is 3. The average molecular weight is 376 g/mol. The van der Waals surface area contributed by atoms with Crippen LogP contribution >= 0.6 is 15.9 Å². The minimum atomic E-state index is -1.17. The number of aliphatic carboxylic acids is 1. The van der Waals surface area contributed by atoms with Crippen LogP contribution in [0.4, 0.5) is 4.39 Å². The van der Waals surface area contributed by atoms with E-state index >= 15 is 0 Å². The summed E-state index contributed by atoms with van der Waals surface area (Å²) in [6, 6.07) is 2.53. The van der Waals surface area contributed by atoms with Crippen molar-refractivity contribution < 1.29 is 23.8 Å². The lowest BCUT2D eigenvalue weighted by Crippen LogP contribution is -2.42. The zero-order valence-corrected chi connectivity index (χ0v) is 14.2. The van der Waals surface area contributed by atoms with Crippen molar-refractivity contribution in [2.45, 2.75) is 38.8 Å². The number of carbonyl (C=O) groups excluding carboxylic acids is 1. The van der Waals surface area contributed by atoms with Crippen LogP contribution in [0.15, 0.2) is 22.7 Å². The standard InChI is InChI=1S/C15H19BrFNO4/c1-15(2,3)22-7-6-12(14(20)21)18-13(19)10-8-9(17)4-5-11(10)16/h4-5,8,12H,6-7H2,1-3H3,(H,18,19)(H,20,21). The third kappa shape index (κ3) is 6.11. The lowest BCUT2D eigenvalue weighted by molar-refractivity contribution is -0.140. The van der Waals surface area contributed by atoms with Gasteiger partial charge in [-0.15, -0.1) is 0 Å². The lowest BCUT2D eigenvalue weighted by atomic mass is 10.1. The molecule has 0 radical (unpaired) electrons. The fraction of sp³-hybridized carbons (Fsp3) is 0.467. The maximum atomic E-state index is 13.2. The van der Waals surface area contributed by atoms with E-state index in [4.69, 9.17) is 9.84 Å². The fourth-order valence-corrected chi connectivity index (χ4v) is 2.07. The minimum Gasteiger partial charge on any atom is -0.480 e. The van der Waals surface area contributed by atoms with Crippen LogP contribution in [0.1, 0.15) is 37.6 Å². The van der Waals surface area contributed by atoms with Crippen LogP contribution in [0.2, 0.25) is 0 Å². The SMILES string of the molecule is CC(C)(C)OCCC(NC(=O)c1cc(F)ccc1Br)C(=O)O. The molecule has 0 heterocycles. The number of rotatable bonds is 6. The number of benzene rings is 1. The molecule has 0 bridgehead atoms. The number of ether oxygens (including phenoxy) is 1. The molecule has 0 aliphatic heterocycles. The third-order valence-corrected chi connectivity index (χ3v) is 3.41. The van der Waals surface area contributed by atoms with Gasteiger partial charge in [-0.25, -0.2) is 9.18 Å². The average Bonchev–Trinajstić information content (AvgIpc) is 2.38. The van der Waals surface area contributed by atoms with E-state index in [1.807, 2.05) is 20.8 Å². The Morgan fingerprint density at radius 3 is 2.59 bits per heavy atom. The largest absolute Gasteiger partial charge is 0.480 e. The smallest absolute Gasteiger partial charge is 0.326 e. The summed E-state index contributed by atoms with van der Waals surface area (Å²) >= 11 is 3.14. The zero-order valence-electron chi connectivity index (χ0n) is 12.7. The molecule has 122 valence electrons. The van der Waals surface area contributed by atoms with Crippen LogP contribution in [-0.2, 0) is 9.53 Å². The Morgan fingerprint density at radius 1 is 1.41 bits per heavy atom. The first-order valence-corrected chi connectivity index (χ1v) is 7.52. The van der Waals surface area contributed by atoms with Crippen molar-refractivity contribution in [3.63, 3.8) is 0 Å². The molecule has 1 rings (SSSR count). The van der Waals surface area contributed by atoms with E-state index in [0.717, 1.165) is 6.07 Å². The summed E-state index contributed by atoms with van der Waals surface area (Å²) in [5.74, 6) is -2.40. The third-order valence-electron chi connectivity index (χ3n) is 2.72. The molecule has 0 fully saturated rings. The molecule has 0 aliphatic rings. The van der Waals surface area contributed by atoms with E-state index < -0.39 is 29.3 Å². The summed E-state index contributed by atoms with van der Waals surface area (Å²) in [6.07, 6.45) is 0.116. The molecule has 0 saturated heterocycles. The Balaban J connectivity index is 2.72. The van der Waals surface area contributed by atoms with Gasteiger partial charge in [0.05, 0.1) is 11.2 Å². The predicted molar refractivity (Wildman–Crippen MR) is 83.3 cm³/mol. The molecule has 1 atom stereocenters. The van der Waals surface area contributed by atoms with Gasteiger partial charge >= 0.3 is 5.97 Å². The van der Waals surface area contributed by atoms with Crippen LogP contribution in [0.3, 0.4) is 0 Å². The number of hydrogen-bond donors (Lipinski definition) is 2. The van der Waals surface area contributed by atoms with Crippen molar-refractivity contribution in [3.05, 3.63) is 34.1 Å². The number of amides is 1. The van der Waals surface area contributed by atoms with E-state index in [1.165, 1.54) is 12.1 Å². The minimum absolute atomic E-state index is 0.0444. The summed E-state index contributed by atoms with van der Waals surface area (Å²) in [4.78, 5) is 23.3. The van der Waals surface area contributed by atoms with Crippen molar-refractivity contribution in [2.24, 2.45) is 0 Å². The molecule has 7 heteroatoms. The van der Waals surface area contributed by atoms with Gasteiger partial charge in [0, 0.05) is 17.5 Å². The molecule has 1 unspecified atom stereocenters. The predicted octanol–water partition coefficient (Wildman–Crippen LogP) is 2.98. The molecule has 1 aromatic carbocycles. The highest BCUT2D eigenvalue weighted by molar-refractivity contribution is 9.10. The van der Waals surface area contributed by atoms with E-state index in [2.05, 4.69) is 21.2 Å². The summed E-state index contributed by atoms with van der Waals surface area (Å²) in [7, 11) is 0. The summed E-state index contributed by atoms with van der Waals surface area (Å²) in [6.45, 7) is 5.74. The van der Waals surface area contributed by atoms with Gasteiger partial charge in [-0.05, 0) is 54.9 Å². The number of carboxylic acid groups (broad SMARTS) is 1. The summed E-state index contributed by atoms with van der Waals surface area (Å²) in [5, 5.41) is 11.5. The Bertz CT molecular complexity index is 557. The molecule has 1 amide bonds. The summed E-state index contributed by atoms with van der Waals surface area (Å²) in [5.41, 5.74) is -0.346. The molecule has 0 saturated carbocycles. The Morgan fingerprint density at radius 2 is 2.05 bits per heavy atom. The highest BCUT2D eigenvalue weighted by Crippen LogP contribution is 2.18. The van der Waals surface area contributed by atoms with E-state index in [0.29, 0.717) is 4.47 Å². The van der Waals surface area contributed by atoms with E-state index in [-0.39, 0.29) is 18.6 Å². The Kier molecular flexibility index (Phi) is 6.49. The van der Waals surface area contributed by atoms with Crippen molar-refractivity contribution >= 4 is 27.8 Å². The second-order valence-corrected chi connectivity index (χ2v) is 6.59. The lowest BCUT2D eigenvalue weighted by Gasteiger charge is -2.21. The maximum Gasteiger partial charge on any atom is 0.326 e. The van der Waals surface area contributed by atoms with Gasteiger partial charge in [0.25, 0.3) is 5.91 Å². The first kappa shape index (κ1) is 18.6. The highest BCUT2D eigenvalue weighted by atomic mass is 79.9. The number of nitrogens with one attached hydrogen (secondary N) is 1. The van der Waals surface area contributed by atoms with Gasteiger partial charge in [0.2, 0.25) is 0 Å². The second-order valence-electron chi connectivity index (χ2n) is 5.74. The number of carboxylic acids is 1. The number of halogens is 2. The highest BCUT2D eigenvalue weighted by Gasteiger charge is 2.23. The molecule has 0 aliphatic carbocycles. The van der Waals surface area contributed by atoms with Gasteiger partial charge < -0.3 is 15.2 Å². The van der Waals surface area contributed by atoms with Crippen LogP contribution in [0.5, 0.6) is 0 Å². The van der Waals surface area contributed by atoms with Gasteiger partial charge in [0.15, 0.2) is 0 Å². The zero-order chi connectivity index (χ0) is 16.9. The molecule has 0 aromatic heterocycles. The van der Waals surface area contributed by atoms with Gasteiger partial charge in [-0.1, -0.05) is 0 Å². The van der Waals surface area contributed by atoms with Crippen LogP contribution in [-0.4, -0.2) is 35.2 Å². The fourth-order valence-electron chi connectivity index (χ4n) is 1.65. The Labute approximate surface area is 137 Å². The summed E-state index contributed by atoms with van der Waals surface area (Å²) < 4.78 is 19.0. The quantitative estimate of drug-likeness (QED) is 0.801. The van der Waals surface area contributed by atoms with Gasteiger partial charge in [-0.3, -0.25) is 4.79 Å². The van der Waals surface area contributed by atoms with Crippen LogP contribution in [0, 0.1) is 5.82 Å². The van der Waals surface area contributed by atoms with Gasteiger partial charge in [-0.2, -0.15) is 0 Å². The molecular formula is C15H19BrFNO4. The second kappa shape index (κ2) is 7.69. The molecule has 0 spiro atoms. The molecular weight excluding hydrogens is 357 g/mol. The van der Waals surface area contributed by atoms with Gasteiger partial charge in [0.1, 0.15) is 11.9 Å². The monoisotopic (exact) mass is 375 g/mol. The van der Waals surface area contributed by atoms with E-state index in [9.17, 15) is 14.0 Å². The Hall–Kier alpha value is -1.47. The molecule has 2 N–H and O–H groups in total. The van der Waals surface area contributed by atoms with Crippen LogP contribution in [0.25, 0.3) is 0 Å². The molecule has 5 nitrogen and oxygen atoms in total. The molecule has 22 heavy (non-hydrogen) atoms. The van der Waals surface area contributed by atoms with Crippen molar-refractivity contribution in [3.8, 4) is 0 Å². The normalized spacial score (nSPS) is 12.8. The topological polar surface area (TPSA) is 75.6 Å². The first-order chi connectivity index (χ1) is 10.1. The van der Waals surface area contributed by atoms with Crippen LogP contribution < -0.4 is 5.32 Å². The molecule has 1 aromatic rings.